The zero-order valence-electron chi connectivity index (χ0n) is 14.4. The normalized spacial score (nSPS) is 31.9. The SMILES string of the molecule is CC(C)(C)C(=O)O[C@H]1CO[C@@H]2CO[C@@H](c3ccccc3)OC2C1(F)F. The monoisotopic (exact) mass is 356 g/mol. The molecule has 138 valence electrons. The van der Waals surface area contributed by atoms with Crippen molar-refractivity contribution in [2.75, 3.05) is 13.2 Å². The third kappa shape index (κ3) is 3.68. The van der Waals surface area contributed by atoms with E-state index in [0.29, 0.717) is 5.56 Å². The zero-order chi connectivity index (χ0) is 18.2. The molecule has 25 heavy (non-hydrogen) atoms. The van der Waals surface area contributed by atoms with Gasteiger partial charge >= 0.3 is 11.9 Å². The average Bonchev–Trinajstić information content (AvgIpc) is 2.57. The lowest BCUT2D eigenvalue weighted by atomic mass is 9.95. The quantitative estimate of drug-likeness (QED) is 0.762. The highest BCUT2D eigenvalue weighted by molar-refractivity contribution is 5.75. The molecule has 1 aromatic carbocycles. The predicted molar refractivity (Wildman–Crippen MR) is 84.0 cm³/mol. The number of fused-ring (bicyclic) bond motifs is 1. The zero-order valence-corrected chi connectivity index (χ0v) is 14.4. The predicted octanol–water partition coefficient (Wildman–Crippen LogP) is 3.09. The number of carbonyl (C=O) groups is 1. The molecule has 2 aliphatic rings. The van der Waals surface area contributed by atoms with Crippen LogP contribution in [0.3, 0.4) is 0 Å². The second-order valence-corrected chi connectivity index (χ2v) is 7.32. The van der Waals surface area contributed by atoms with Crippen molar-refractivity contribution in [3.05, 3.63) is 35.9 Å². The second-order valence-electron chi connectivity index (χ2n) is 7.32. The molecule has 7 heteroatoms. The number of hydrogen-bond donors (Lipinski definition) is 0. The molecule has 2 fully saturated rings. The molecular formula is C18H22F2O5. The van der Waals surface area contributed by atoms with Crippen LogP contribution in [0.4, 0.5) is 8.78 Å². The average molecular weight is 356 g/mol. The van der Waals surface area contributed by atoms with E-state index >= 15 is 0 Å². The lowest BCUT2D eigenvalue weighted by molar-refractivity contribution is -0.354. The highest BCUT2D eigenvalue weighted by Crippen LogP contribution is 2.41. The molecule has 4 atom stereocenters. The van der Waals surface area contributed by atoms with E-state index in [1.54, 1.807) is 45.0 Å². The van der Waals surface area contributed by atoms with E-state index in [1.807, 2.05) is 6.07 Å². The first kappa shape index (κ1) is 18.2. The van der Waals surface area contributed by atoms with Crippen molar-refractivity contribution >= 4 is 5.97 Å². The Morgan fingerprint density at radius 2 is 1.84 bits per heavy atom. The fourth-order valence-electron chi connectivity index (χ4n) is 2.71. The molecule has 3 rings (SSSR count). The van der Waals surface area contributed by atoms with Crippen LogP contribution in [0.5, 0.6) is 0 Å². The first-order chi connectivity index (χ1) is 11.7. The maximum atomic E-state index is 14.9. The molecule has 1 unspecified atom stereocenters. The summed E-state index contributed by atoms with van der Waals surface area (Å²) in [5.74, 6) is -4.08. The molecule has 1 aromatic rings. The van der Waals surface area contributed by atoms with Gasteiger partial charge in [0, 0.05) is 5.56 Å². The van der Waals surface area contributed by atoms with Gasteiger partial charge in [-0.2, -0.15) is 8.78 Å². The van der Waals surface area contributed by atoms with Gasteiger partial charge < -0.3 is 18.9 Å². The lowest BCUT2D eigenvalue weighted by Gasteiger charge is -2.46. The van der Waals surface area contributed by atoms with Crippen LogP contribution in [0.25, 0.3) is 0 Å². The molecule has 0 aliphatic carbocycles. The number of alkyl halides is 2. The smallest absolute Gasteiger partial charge is 0.314 e. The fraction of sp³-hybridized carbons (Fsp3) is 0.611. The van der Waals surface area contributed by atoms with Gasteiger partial charge in [0.1, 0.15) is 6.10 Å². The van der Waals surface area contributed by atoms with Crippen molar-refractivity contribution < 1.29 is 32.5 Å². The van der Waals surface area contributed by atoms with Crippen LogP contribution in [0, 0.1) is 5.41 Å². The standard InChI is InChI=1S/C18H22F2O5/c1-17(2,3)16(21)24-13-10-22-12-9-23-15(11-7-5-4-6-8-11)25-14(12)18(13,19)20/h4-8,12-15H,9-10H2,1-3H3/t12-,13+,14?,15-/m1/s1. The fourth-order valence-corrected chi connectivity index (χ4v) is 2.71. The number of esters is 1. The molecular weight excluding hydrogens is 334 g/mol. The molecule has 0 N–H and O–H groups in total. The van der Waals surface area contributed by atoms with E-state index in [9.17, 15) is 13.6 Å². The van der Waals surface area contributed by atoms with Crippen molar-refractivity contribution in [2.24, 2.45) is 5.41 Å². The summed E-state index contributed by atoms with van der Waals surface area (Å²) in [6, 6.07) is 8.85. The van der Waals surface area contributed by atoms with Gasteiger partial charge in [0.2, 0.25) is 0 Å². The molecule has 0 aromatic heterocycles. The Morgan fingerprint density at radius 1 is 1.16 bits per heavy atom. The van der Waals surface area contributed by atoms with Crippen molar-refractivity contribution in [2.45, 2.75) is 51.3 Å². The van der Waals surface area contributed by atoms with Crippen LogP contribution in [-0.4, -0.2) is 43.4 Å². The summed E-state index contributed by atoms with van der Waals surface area (Å²) >= 11 is 0. The number of halogens is 2. The van der Waals surface area contributed by atoms with Gasteiger partial charge in [-0.3, -0.25) is 4.79 Å². The number of benzene rings is 1. The molecule has 0 amide bonds. The van der Waals surface area contributed by atoms with Crippen LogP contribution in [0.1, 0.15) is 32.6 Å². The Kier molecular flexibility index (Phi) is 4.83. The first-order valence-corrected chi connectivity index (χ1v) is 8.22. The van der Waals surface area contributed by atoms with Crippen LogP contribution >= 0.6 is 0 Å². The molecule has 0 saturated carbocycles. The van der Waals surface area contributed by atoms with Gasteiger partial charge in [0.15, 0.2) is 18.5 Å². The largest absolute Gasteiger partial charge is 0.453 e. The van der Waals surface area contributed by atoms with E-state index in [0.717, 1.165) is 0 Å². The highest BCUT2D eigenvalue weighted by Gasteiger charge is 2.60. The summed E-state index contributed by atoms with van der Waals surface area (Å²) in [5.41, 5.74) is -0.235. The summed E-state index contributed by atoms with van der Waals surface area (Å²) in [5, 5.41) is 0. The Labute approximate surface area is 145 Å². The van der Waals surface area contributed by atoms with Crippen molar-refractivity contribution in [1.29, 1.82) is 0 Å². The van der Waals surface area contributed by atoms with Crippen molar-refractivity contribution in [3.8, 4) is 0 Å². The minimum absolute atomic E-state index is 0.0141. The van der Waals surface area contributed by atoms with Gasteiger partial charge in [-0.1, -0.05) is 30.3 Å². The maximum absolute atomic E-state index is 14.9. The van der Waals surface area contributed by atoms with Gasteiger partial charge in [0.25, 0.3) is 0 Å². The summed E-state index contributed by atoms with van der Waals surface area (Å²) in [7, 11) is 0. The topological polar surface area (TPSA) is 54.0 Å². The molecule has 0 spiro atoms. The summed E-state index contributed by atoms with van der Waals surface area (Å²) in [6.45, 7) is 4.42. The lowest BCUT2D eigenvalue weighted by Crippen LogP contribution is -2.63. The Morgan fingerprint density at radius 3 is 2.48 bits per heavy atom. The van der Waals surface area contributed by atoms with Crippen LogP contribution in [0.2, 0.25) is 0 Å². The van der Waals surface area contributed by atoms with Crippen LogP contribution < -0.4 is 0 Å². The number of ether oxygens (including phenoxy) is 4. The van der Waals surface area contributed by atoms with Gasteiger partial charge in [-0.05, 0) is 20.8 Å². The van der Waals surface area contributed by atoms with Crippen molar-refractivity contribution in [3.63, 3.8) is 0 Å². The number of carbonyl (C=O) groups excluding carboxylic acids is 1. The Hall–Kier alpha value is -1.57. The summed E-state index contributed by atoms with van der Waals surface area (Å²) in [4.78, 5) is 12.0. The first-order valence-electron chi connectivity index (χ1n) is 8.22. The van der Waals surface area contributed by atoms with Gasteiger partial charge in [-0.15, -0.1) is 0 Å². The van der Waals surface area contributed by atoms with Crippen LogP contribution in [-0.2, 0) is 23.7 Å². The van der Waals surface area contributed by atoms with E-state index in [-0.39, 0.29) is 6.61 Å². The third-order valence-electron chi connectivity index (χ3n) is 4.22. The molecule has 2 saturated heterocycles. The minimum atomic E-state index is -3.37. The number of rotatable bonds is 2. The molecule has 0 radical (unpaired) electrons. The van der Waals surface area contributed by atoms with E-state index in [4.69, 9.17) is 18.9 Å². The minimum Gasteiger partial charge on any atom is -0.453 e. The van der Waals surface area contributed by atoms with Crippen LogP contribution in [0.15, 0.2) is 30.3 Å². The molecule has 5 nitrogen and oxygen atoms in total. The highest BCUT2D eigenvalue weighted by atomic mass is 19.3. The Bertz CT molecular complexity index is 614. The maximum Gasteiger partial charge on any atom is 0.314 e. The third-order valence-corrected chi connectivity index (χ3v) is 4.22. The molecule has 2 aliphatic heterocycles. The van der Waals surface area contributed by atoms with Gasteiger partial charge in [0.05, 0.1) is 18.6 Å². The van der Waals surface area contributed by atoms with E-state index in [2.05, 4.69) is 0 Å². The second kappa shape index (κ2) is 6.63. The molecule has 0 bridgehead atoms. The van der Waals surface area contributed by atoms with Gasteiger partial charge in [-0.25, -0.2) is 0 Å². The molecule has 2 heterocycles. The summed E-state index contributed by atoms with van der Waals surface area (Å²) < 4.78 is 51.3. The number of hydrogen-bond acceptors (Lipinski definition) is 5. The van der Waals surface area contributed by atoms with Crippen molar-refractivity contribution in [1.82, 2.24) is 0 Å². The summed E-state index contributed by atoms with van der Waals surface area (Å²) in [6.07, 6.45) is -5.04. The Balaban J connectivity index is 1.75. The van der Waals surface area contributed by atoms with E-state index in [1.165, 1.54) is 0 Å². The van der Waals surface area contributed by atoms with E-state index < -0.39 is 48.5 Å².